The van der Waals surface area contributed by atoms with E-state index < -0.39 is 0 Å². The number of nitrogens with one attached hydrogen (secondary N) is 1. The Hall–Kier alpha value is -1.72. The van der Waals surface area contributed by atoms with Gasteiger partial charge in [-0.15, -0.1) is 0 Å². The highest BCUT2D eigenvalue weighted by atomic mass is 79.9. The molecule has 0 unspecified atom stereocenters. The zero-order valence-corrected chi connectivity index (χ0v) is 19.2. The third-order valence-corrected chi connectivity index (χ3v) is 5.58. The lowest BCUT2D eigenvalue weighted by molar-refractivity contribution is 0.302. The molecular formula is C23H22BrCl2NO2. The van der Waals surface area contributed by atoms with Gasteiger partial charge in [-0.05, 0) is 54.9 Å². The molecule has 0 fully saturated rings. The fraction of sp³-hybridized carbons (Fsp3) is 0.217. The molecule has 3 aromatic rings. The summed E-state index contributed by atoms with van der Waals surface area (Å²) in [7, 11) is 1.70. The van der Waals surface area contributed by atoms with Gasteiger partial charge in [0.25, 0.3) is 0 Å². The molecule has 0 radical (unpaired) electrons. The zero-order valence-electron chi connectivity index (χ0n) is 16.1. The summed E-state index contributed by atoms with van der Waals surface area (Å²) >= 11 is 15.8. The number of hydrogen-bond acceptors (Lipinski definition) is 3. The minimum absolute atomic E-state index is 0.381. The molecular weight excluding hydrogens is 473 g/mol. The summed E-state index contributed by atoms with van der Waals surface area (Å²) in [4.78, 5) is 0. The molecule has 0 saturated heterocycles. The molecule has 1 N–H and O–H groups in total. The van der Waals surface area contributed by atoms with Crippen molar-refractivity contribution in [2.45, 2.75) is 19.6 Å². The molecule has 6 heteroatoms. The lowest BCUT2D eigenvalue weighted by Gasteiger charge is -2.14. The van der Waals surface area contributed by atoms with Gasteiger partial charge in [-0.1, -0.05) is 63.4 Å². The summed E-state index contributed by atoms with van der Waals surface area (Å²) in [6.45, 7) is 1.90. The molecule has 0 saturated carbocycles. The maximum Gasteiger partial charge on any atom is 0.124 e. The van der Waals surface area contributed by atoms with Crippen molar-refractivity contribution in [3.63, 3.8) is 0 Å². The summed E-state index contributed by atoms with van der Waals surface area (Å²) in [5.41, 5.74) is 3.16. The first-order valence-electron chi connectivity index (χ1n) is 9.24. The summed E-state index contributed by atoms with van der Waals surface area (Å²) in [5.74, 6) is 1.74. The summed E-state index contributed by atoms with van der Waals surface area (Å²) in [6, 6.07) is 19.5. The molecule has 3 rings (SSSR count). The Balaban J connectivity index is 1.59. The van der Waals surface area contributed by atoms with E-state index in [9.17, 15) is 0 Å². The van der Waals surface area contributed by atoms with Gasteiger partial charge in [-0.25, -0.2) is 0 Å². The second kappa shape index (κ2) is 10.9. The summed E-state index contributed by atoms with van der Waals surface area (Å²) < 4.78 is 12.5. The minimum Gasteiger partial charge on any atom is -0.496 e. The van der Waals surface area contributed by atoms with Crippen molar-refractivity contribution in [2.24, 2.45) is 0 Å². The second-order valence-corrected chi connectivity index (χ2v) is 8.27. The van der Waals surface area contributed by atoms with Crippen LogP contribution in [0.5, 0.6) is 11.5 Å². The summed E-state index contributed by atoms with van der Waals surface area (Å²) in [5, 5.41) is 4.70. The molecule has 29 heavy (non-hydrogen) atoms. The van der Waals surface area contributed by atoms with Gasteiger partial charge >= 0.3 is 0 Å². The Labute approximate surface area is 190 Å². The number of hydrogen-bond donors (Lipinski definition) is 1. The number of benzene rings is 3. The minimum atomic E-state index is 0.381. The molecule has 0 amide bonds. The molecule has 3 nitrogen and oxygen atoms in total. The van der Waals surface area contributed by atoms with Gasteiger partial charge in [0.2, 0.25) is 0 Å². The standard InChI is InChI=1S/C23H22BrCl2NO2/c1-28-22-5-3-2-4-16(22)10-11-27-14-18-12-19(24)7-9-23(18)29-15-17-6-8-20(25)13-21(17)26/h2-9,12-13,27H,10-11,14-15H2,1H3. The van der Waals surface area contributed by atoms with Crippen molar-refractivity contribution in [3.05, 3.63) is 91.9 Å². The van der Waals surface area contributed by atoms with Crippen molar-refractivity contribution in [2.75, 3.05) is 13.7 Å². The molecule has 0 aliphatic heterocycles. The third kappa shape index (κ3) is 6.38. The summed E-state index contributed by atoms with van der Waals surface area (Å²) in [6.07, 6.45) is 0.884. The lowest BCUT2D eigenvalue weighted by atomic mass is 10.1. The van der Waals surface area contributed by atoms with Gasteiger partial charge in [-0.3, -0.25) is 0 Å². The van der Waals surface area contributed by atoms with Crippen LogP contribution in [0.15, 0.2) is 65.1 Å². The van der Waals surface area contributed by atoms with Crippen molar-refractivity contribution >= 4 is 39.1 Å². The van der Waals surface area contributed by atoms with E-state index in [1.165, 1.54) is 5.56 Å². The number of rotatable bonds is 9. The van der Waals surface area contributed by atoms with Gasteiger partial charge in [0.15, 0.2) is 0 Å². The van der Waals surface area contributed by atoms with E-state index in [4.69, 9.17) is 32.7 Å². The number of para-hydroxylation sites is 1. The van der Waals surface area contributed by atoms with Crippen molar-refractivity contribution in [1.82, 2.24) is 5.32 Å². The van der Waals surface area contributed by atoms with Crippen molar-refractivity contribution in [1.29, 1.82) is 0 Å². The first-order valence-corrected chi connectivity index (χ1v) is 10.8. The third-order valence-electron chi connectivity index (χ3n) is 4.50. The average Bonchev–Trinajstić information content (AvgIpc) is 2.72. The second-order valence-electron chi connectivity index (χ2n) is 6.52. The van der Waals surface area contributed by atoms with E-state index in [0.717, 1.165) is 40.1 Å². The van der Waals surface area contributed by atoms with Gasteiger partial charge in [-0.2, -0.15) is 0 Å². The quantitative estimate of drug-likeness (QED) is 0.336. The molecule has 0 spiro atoms. The van der Waals surface area contributed by atoms with Crippen LogP contribution in [0.25, 0.3) is 0 Å². The lowest BCUT2D eigenvalue weighted by Crippen LogP contribution is -2.17. The van der Waals surface area contributed by atoms with E-state index in [-0.39, 0.29) is 0 Å². The van der Waals surface area contributed by atoms with E-state index in [1.54, 1.807) is 13.2 Å². The first kappa shape index (κ1) is 22.0. The first-order chi connectivity index (χ1) is 14.1. The Morgan fingerprint density at radius 2 is 1.72 bits per heavy atom. The fourth-order valence-corrected chi connectivity index (χ4v) is 3.85. The maximum atomic E-state index is 6.25. The molecule has 0 heterocycles. The van der Waals surface area contributed by atoms with Crippen LogP contribution < -0.4 is 14.8 Å². The number of halogens is 3. The van der Waals surface area contributed by atoms with Crippen LogP contribution in [-0.2, 0) is 19.6 Å². The smallest absolute Gasteiger partial charge is 0.124 e. The van der Waals surface area contributed by atoms with Gasteiger partial charge < -0.3 is 14.8 Å². The average molecular weight is 495 g/mol. The van der Waals surface area contributed by atoms with E-state index in [1.807, 2.05) is 42.5 Å². The van der Waals surface area contributed by atoms with Crippen LogP contribution >= 0.6 is 39.1 Å². The van der Waals surface area contributed by atoms with Crippen LogP contribution in [0, 0.1) is 0 Å². The molecule has 3 aromatic carbocycles. The Bertz CT molecular complexity index is 965. The molecule has 0 atom stereocenters. The van der Waals surface area contributed by atoms with Crippen LogP contribution in [-0.4, -0.2) is 13.7 Å². The molecule has 0 bridgehead atoms. The van der Waals surface area contributed by atoms with Crippen LogP contribution in [0.4, 0.5) is 0 Å². The molecule has 152 valence electrons. The van der Waals surface area contributed by atoms with Crippen LogP contribution in [0.1, 0.15) is 16.7 Å². The van der Waals surface area contributed by atoms with Crippen LogP contribution in [0.2, 0.25) is 10.0 Å². The van der Waals surface area contributed by atoms with Gasteiger partial charge in [0.05, 0.1) is 7.11 Å². The van der Waals surface area contributed by atoms with Crippen molar-refractivity contribution in [3.8, 4) is 11.5 Å². The molecule has 0 aromatic heterocycles. The Morgan fingerprint density at radius 1 is 0.897 bits per heavy atom. The van der Waals surface area contributed by atoms with Gasteiger partial charge in [0.1, 0.15) is 18.1 Å². The van der Waals surface area contributed by atoms with Crippen molar-refractivity contribution < 1.29 is 9.47 Å². The van der Waals surface area contributed by atoms with E-state index in [2.05, 4.69) is 33.4 Å². The van der Waals surface area contributed by atoms with E-state index >= 15 is 0 Å². The number of methoxy groups -OCH3 is 1. The molecule has 0 aliphatic rings. The van der Waals surface area contributed by atoms with Crippen LogP contribution in [0.3, 0.4) is 0 Å². The SMILES string of the molecule is COc1ccccc1CCNCc1cc(Br)ccc1OCc1ccc(Cl)cc1Cl. The highest BCUT2D eigenvalue weighted by Crippen LogP contribution is 2.27. The monoisotopic (exact) mass is 493 g/mol. The van der Waals surface area contributed by atoms with E-state index in [0.29, 0.717) is 23.2 Å². The topological polar surface area (TPSA) is 30.5 Å². The largest absolute Gasteiger partial charge is 0.496 e. The van der Waals surface area contributed by atoms with Gasteiger partial charge in [0, 0.05) is 32.2 Å². The predicted molar refractivity (Wildman–Crippen MR) is 123 cm³/mol. The number of ether oxygens (including phenoxy) is 2. The Kier molecular flexibility index (Phi) is 8.25. The maximum absolute atomic E-state index is 6.25. The fourth-order valence-electron chi connectivity index (χ4n) is 2.98. The highest BCUT2D eigenvalue weighted by molar-refractivity contribution is 9.10. The molecule has 0 aliphatic carbocycles. The zero-order chi connectivity index (χ0) is 20.6. The highest BCUT2D eigenvalue weighted by Gasteiger charge is 2.08. The Morgan fingerprint density at radius 3 is 2.52 bits per heavy atom. The normalized spacial score (nSPS) is 10.8. The predicted octanol–water partition coefficient (Wildman–Crippen LogP) is 6.68.